The lowest BCUT2D eigenvalue weighted by molar-refractivity contribution is -0.0465. The second-order valence-electron chi connectivity index (χ2n) is 5.12. The van der Waals surface area contributed by atoms with E-state index in [9.17, 15) is 10.2 Å². The first-order chi connectivity index (χ1) is 7.79. The molecule has 1 aromatic carbocycles. The molecule has 3 rings (SSSR count). The first-order valence-corrected chi connectivity index (χ1v) is 6.24. The number of fused-ring (bicyclic) bond motifs is 3. The van der Waals surface area contributed by atoms with Crippen LogP contribution in [0, 0.1) is 5.92 Å². The SMILES string of the molecule is O[C@H]1[C@H]2CCCC[C@@H]2c2ccccc2[C@H]1O. The minimum atomic E-state index is -0.685. The topological polar surface area (TPSA) is 40.5 Å². The lowest BCUT2D eigenvalue weighted by Crippen LogP contribution is -2.39. The molecule has 0 spiro atoms. The van der Waals surface area contributed by atoms with E-state index in [-0.39, 0.29) is 5.92 Å². The molecule has 2 aliphatic carbocycles. The Hall–Kier alpha value is -0.860. The second-order valence-corrected chi connectivity index (χ2v) is 5.12. The van der Waals surface area contributed by atoms with Crippen LogP contribution in [0.5, 0.6) is 0 Å². The van der Waals surface area contributed by atoms with Crippen LogP contribution >= 0.6 is 0 Å². The molecule has 2 nitrogen and oxygen atoms in total. The molecule has 1 fully saturated rings. The molecule has 16 heavy (non-hydrogen) atoms. The van der Waals surface area contributed by atoms with Crippen molar-refractivity contribution >= 4 is 0 Å². The summed E-state index contributed by atoms with van der Waals surface area (Å²) in [4.78, 5) is 0. The van der Waals surface area contributed by atoms with E-state index in [2.05, 4.69) is 6.07 Å². The summed E-state index contributed by atoms with van der Waals surface area (Å²) < 4.78 is 0. The van der Waals surface area contributed by atoms with Gasteiger partial charge in [0.05, 0.1) is 6.10 Å². The third kappa shape index (κ3) is 1.40. The molecule has 2 N–H and O–H groups in total. The molecule has 4 atom stereocenters. The average Bonchev–Trinajstić information content (AvgIpc) is 2.36. The highest BCUT2D eigenvalue weighted by molar-refractivity contribution is 5.36. The molecule has 0 aliphatic heterocycles. The van der Waals surface area contributed by atoms with Gasteiger partial charge in [-0.15, -0.1) is 0 Å². The third-order valence-corrected chi connectivity index (χ3v) is 4.30. The van der Waals surface area contributed by atoms with Gasteiger partial charge in [-0.05, 0) is 35.8 Å². The molecule has 0 unspecified atom stereocenters. The van der Waals surface area contributed by atoms with Gasteiger partial charge in [-0.3, -0.25) is 0 Å². The molecule has 0 bridgehead atoms. The van der Waals surface area contributed by atoms with Crippen molar-refractivity contribution in [2.75, 3.05) is 0 Å². The van der Waals surface area contributed by atoms with Gasteiger partial charge in [-0.1, -0.05) is 37.1 Å². The van der Waals surface area contributed by atoms with Gasteiger partial charge in [0.15, 0.2) is 0 Å². The van der Waals surface area contributed by atoms with E-state index >= 15 is 0 Å². The van der Waals surface area contributed by atoms with Crippen LogP contribution in [-0.4, -0.2) is 16.3 Å². The zero-order valence-electron chi connectivity index (χ0n) is 9.34. The molecule has 2 heteroatoms. The summed E-state index contributed by atoms with van der Waals surface area (Å²) in [6.07, 6.45) is 3.39. The van der Waals surface area contributed by atoms with Crippen molar-refractivity contribution in [3.8, 4) is 0 Å². The first kappa shape index (κ1) is 10.3. The average molecular weight is 218 g/mol. The van der Waals surface area contributed by atoms with Crippen molar-refractivity contribution in [3.63, 3.8) is 0 Å². The van der Waals surface area contributed by atoms with E-state index in [0.29, 0.717) is 5.92 Å². The van der Waals surface area contributed by atoms with E-state index in [4.69, 9.17) is 0 Å². The fourth-order valence-corrected chi connectivity index (χ4v) is 3.49. The molecular weight excluding hydrogens is 200 g/mol. The molecule has 0 amide bonds. The minimum absolute atomic E-state index is 0.263. The predicted molar refractivity (Wildman–Crippen MR) is 62.1 cm³/mol. The van der Waals surface area contributed by atoms with E-state index in [1.165, 1.54) is 18.4 Å². The van der Waals surface area contributed by atoms with Crippen molar-refractivity contribution in [2.45, 2.75) is 43.8 Å². The van der Waals surface area contributed by atoms with Crippen molar-refractivity contribution in [1.29, 1.82) is 0 Å². The lowest BCUT2D eigenvalue weighted by atomic mass is 9.66. The van der Waals surface area contributed by atoms with Crippen LogP contribution in [0.2, 0.25) is 0 Å². The monoisotopic (exact) mass is 218 g/mol. The van der Waals surface area contributed by atoms with Crippen LogP contribution in [0.1, 0.15) is 48.8 Å². The zero-order valence-corrected chi connectivity index (χ0v) is 9.34. The van der Waals surface area contributed by atoms with Gasteiger partial charge in [-0.2, -0.15) is 0 Å². The van der Waals surface area contributed by atoms with Gasteiger partial charge in [-0.25, -0.2) is 0 Å². The summed E-state index contributed by atoms with van der Waals surface area (Å²) in [5, 5.41) is 20.3. The Balaban J connectivity index is 2.07. The molecule has 0 saturated heterocycles. The predicted octanol–water partition coefficient (Wildman–Crippen LogP) is 2.37. The molecule has 0 aromatic heterocycles. The normalized spacial score (nSPS) is 37.6. The quantitative estimate of drug-likeness (QED) is 0.702. The number of benzene rings is 1. The summed E-state index contributed by atoms with van der Waals surface area (Å²) in [5.41, 5.74) is 2.21. The highest BCUT2D eigenvalue weighted by atomic mass is 16.3. The molecule has 1 aromatic rings. The molecule has 2 aliphatic rings. The van der Waals surface area contributed by atoms with Gasteiger partial charge >= 0.3 is 0 Å². The maximum absolute atomic E-state index is 10.2. The zero-order chi connectivity index (χ0) is 11.1. The maximum Gasteiger partial charge on any atom is 0.105 e. The molecule has 0 heterocycles. The van der Waals surface area contributed by atoms with Gasteiger partial charge in [0.25, 0.3) is 0 Å². The van der Waals surface area contributed by atoms with Crippen molar-refractivity contribution in [1.82, 2.24) is 0 Å². The smallest absolute Gasteiger partial charge is 0.105 e. The molecular formula is C14H18O2. The van der Waals surface area contributed by atoms with E-state index in [0.717, 1.165) is 18.4 Å². The van der Waals surface area contributed by atoms with E-state index in [1.54, 1.807) is 0 Å². The fourth-order valence-electron chi connectivity index (χ4n) is 3.49. The Morgan fingerprint density at radius 2 is 1.62 bits per heavy atom. The third-order valence-electron chi connectivity index (χ3n) is 4.30. The van der Waals surface area contributed by atoms with Gasteiger partial charge < -0.3 is 10.2 Å². The summed E-state index contributed by atoms with van der Waals surface area (Å²) in [5.74, 6) is 0.724. The molecule has 1 saturated carbocycles. The number of aliphatic hydroxyl groups excluding tert-OH is 2. The first-order valence-electron chi connectivity index (χ1n) is 6.24. The molecule has 0 radical (unpaired) electrons. The van der Waals surface area contributed by atoms with Gasteiger partial charge in [0, 0.05) is 0 Å². The van der Waals surface area contributed by atoms with Crippen LogP contribution in [0.25, 0.3) is 0 Å². The van der Waals surface area contributed by atoms with Gasteiger partial charge in [0.1, 0.15) is 6.10 Å². The fraction of sp³-hybridized carbons (Fsp3) is 0.571. The standard InChI is InChI=1S/C14H18O2/c15-13-11-7-3-1-5-9(11)10-6-2-4-8-12(10)14(13)16/h1,3,5,7,10,12-16H,2,4,6,8H2/t10-,12+,13-,14+/m1/s1. The highest BCUT2D eigenvalue weighted by Gasteiger charge is 2.41. The number of rotatable bonds is 0. The Morgan fingerprint density at radius 1 is 0.938 bits per heavy atom. The molecule has 86 valence electrons. The van der Waals surface area contributed by atoms with Crippen LogP contribution in [0.3, 0.4) is 0 Å². The second kappa shape index (κ2) is 3.86. The Bertz CT molecular complexity index is 388. The largest absolute Gasteiger partial charge is 0.390 e. The van der Waals surface area contributed by atoms with Crippen molar-refractivity contribution in [3.05, 3.63) is 35.4 Å². The van der Waals surface area contributed by atoms with Gasteiger partial charge in [0.2, 0.25) is 0 Å². The van der Waals surface area contributed by atoms with Crippen molar-refractivity contribution < 1.29 is 10.2 Å². The highest BCUT2D eigenvalue weighted by Crippen LogP contribution is 2.48. The maximum atomic E-state index is 10.2. The van der Waals surface area contributed by atoms with E-state index in [1.807, 2.05) is 18.2 Å². The Labute approximate surface area is 95.9 Å². The lowest BCUT2D eigenvalue weighted by Gasteiger charge is -2.42. The Kier molecular flexibility index (Phi) is 2.49. The van der Waals surface area contributed by atoms with Crippen LogP contribution in [0.15, 0.2) is 24.3 Å². The van der Waals surface area contributed by atoms with Crippen LogP contribution < -0.4 is 0 Å². The number of hydrogen-bond acceptors (Lipinski definition) is 2. The summed E-state index contributed by atoms with van der Waals surface area (Å²) in [6, 6.07) is 8.05. The van der Waals surface area contributed by atoms with Crippen molar-refractivity contribution in [2.24, 2.45) is 5.92 Å². The summed E-state index contributed by atoms with van der Waals surface area (Å²) in [7, 11) is 0. The number of hydrogen-bond donors (Lipinski definition) is 2. The van der Waals surface area contributed by atoms with Crippen LogP contribution in [0.4, 0.5) is 0 Å². The number of aliphatic hydroxyl groups is 2. The Morgan fingerprint density at radius 3 is 2.44 bits per heavy atom. The minimum Gasteiger partial charge on any atom is -0.390 e. The summed E-state index contributed by atoms with van der Waals surface area (Å²) >= 11 is 0. The summed E-state index contributed by atoms with van der Waals surface area (Å²) in [6.45, 7) is 0. The van der Waals surface area contributed by atoms with E-state index < -0.39 is 12.2 Å². The van der Waals surface area contributed by atoms with Crippen LogP contribution in [-0.2, 0) is 0 Å².